The molecule has 0 aromatic heterocycles. The molecular weight excluding hydrogens is 398 g/mol. The van der Waals surface area contributed by atoms with Crippen LogP contribution in [0.2, 0.25) is 0 Å². The highest BCUT2D eigenvalue weighted by molar-refractivity contribution is 5.93. The van der Waals surface area contributed by atoms with Crippen LogP contribution in [0.5, 0.6) is 23.0 Å². The molecular formula is C24H27NO6. The van der Waals surface area contributed by atoms with Gasteiger partial charge in [0, 0.05) is 18.7 Å². The molecule has 3 atom stereocenters. The Hall–Kier alpha value is -3.03. The van der Waals surface area contributed by atoms with E-state index in [9.17, 15) is 4.79 Å². The van der Waals surface area contributed by atoms with Crippen molar-refractivity contribution >= 4 is 11.9 Å². The first-order chi connectivity index (χ1) is 15.0. The molecule has 164 valence electrons. The molecule has 1 saturated heterocycles. The number of hydrogen-bond acceptors (Lipinski definition) is 7. The van der Waals surface area contributed by atoms with Gasteiger partial charge < -0.3 is 23.7 Å². The molecule has 0 spiro atoms. The van der Waals surface area contributed by atoms with E-state index in [2.05, 4.69) is 5.32 Å². The minimum atomic E-state index is -0.675. The summed E-state index contributed by atoms with van der Waals surface area (Å²) in [7, 11) is 4.81. The Bertz CT molecular complexity index is 977. The molecule has 2 aliphatic rings. The Labute approximate surface area is 181 Å². The van der Waals surface area contributed by atoms with E-state index in [1.54, 1.807) is 14.2 Å². The number of ketones is 1. The molecule has 0 saturated carbocycles. The summed E-state index contributed by atoms with van der Waals surface area (Å²) in [5.41, 5.74) is 2.64. The second-order valence-electron chi connectivity index (χ2n) is 7.50. The van der Waals surface area contributed by atoms with Crippen LogP contribution in [0.4, 0.5) is 0 Å². The summed E-state index contributed by atoms with van der Waals surface area (Å²) in [6.07, 6.45) is 3.26. The zero-order valence-corrected chi connectivity index (χ0v) is 18.1. The number of rotatable bonds is 8. The standard InChI is InChI=1S/C24H27NO6/c1-14-19(27-2)11-15(12-20(14)28-3)5-7-17-22(25-17)23(26)24(29-4)16-6-8-18-21(13-16)31-10-9-30-18/h5-8,11-13,17,22,24-25H,9-10H2,1-4H3/b7-5+. The predicted octanol–water partition coefficient (Wildman–Crippen LogP) is 3.09. The van der Waals surface area contributed by atoms with Crippen molar-refractivity contribution in [1.29, 1.82) is 0 Å². The smallest absolute Gasteiger partial charge is 0.184 e. The number of nitrogens with one attached hydrogen (secondary N) is 1. The van der Waals surface area contributed by atoms with Crippen LogP contribution in [0.25, 0.3) is 6.08 Å². The van der Waals surface area contributed by atoms with Crippen molar-refractivity contribution in [1.82, 2.24) is 5.32 Å². The monoisotopic (exact) mass is 425 g/mol. The van der Waals surface area contributed by atoms with Crippen LogP contribution in [0.1, 0.15) is 22.8 Å². The topological polar surface area (TPSA) is 85.2 Å². The van der Waals surface area contributed by atoms with E-state index in [0.717, 1.165) is 28.2 Å². The molecule has 31 heavy (non-hydrogen) atoms. The van der Waals surface area contributed by atoms with Crippen molar-refractivity contribution in [2.45, 2.75) is 25.1 Å². The van der Waals surface area contributed by atoms with Crippen molar-refractivity contribution in [2.75, 3.05) is 34.5 Å². The first kappa shape index (κ1) is 21.2. The fraction of sp³-hybridized carbons (Fsp3) is 0.375. The number of carbonyl (C=O) groups is 1. The van der Waals surface area contributed by atoms with Crippen LogP contribution < -0.4 is 24.3 Å². The van der Waals surface area contributed by atoms with Crippen LogP contribution in [0.15, 0.2) is 36.4 Å². The average Bonchev–Trinajstić information content (AvgIpc) is 3.58. The summed E-state index contributed by atoms with van der Waals surface area (Å²) in [4.78, 5) is 13.0. The highest BCUT2D eigenvalue weighted by atomic mass is 16.6. The number of carbonyl (C=O) groups excluding carboxylic acids is 1. The van der Waals surface area contributed by atoms with E-state index in [-0.39, 0.29) is 17.9 Å². The summed E-state index contributed by atoms with van der Waals surface area (Å²) in [6.45, 7) is 2.97. The zero-order chi connectivity index (χ0) is 22.0. The van der Waals surface area contributed by atoms with E-state index in [1.165, 1.54) is 7.11 Å². The van der Waals surface area contributed by atoms with Crippen molar-refractivity contribution in [3.8, 4) is 23.0 Å². The van der Waals surface area contributed by atoms with Gasteiger partial charge in [-0.2, -0.15) is 0 Å². The second-order valence-corrected chi connectivity index (χ2v) is 7.50. The van der Waals surface area contributed by atoms with Gasteiger partial charge in [-0.3, -0.25) is 10.1 Å². The maximum Gasteiger partial charge on any atom is 0.184 e. The Kier molecular flexibility index (Phi) is 6.15. The lowest BCUT2D eigenvalue weighted by Crippen LogP contribution is -2.23. The summed E-state index contributed by atoms with van der Waals surface area (Å²) in [6, 6.07) is 9.01. The van der Waals surface area contributed by atoms with Gasteiger partial charge in [0.1, 0.15) is 30.8 Å². The Morgan fingerprint density at radius 1 is 1.06 bits per heavy atom. The minimum Gasteiger partial charge on any atom is -0.496 e. The van der Waals surface area contributed by atoms with E-state index in [0.29, 0.717) is 24.7 Å². The summed E-state index contributed by atoms with van der Waals surface area (Å²) in [5, 5.41) is 3.22. The van der Waals surface area contributed by atoms with Gasteiger partial charge in [0.2, 0.25) is 0 Å². The summed E-state index contributed by atoms with van der Waals surface area (Å²) in [5.74, 6) is 2.82. The molecule has 1 N–H and O–H groups in total. The fourth-order valence-corrected chi connectivity index (χ4v) is 3.80. The Morgan fingerprint density at radius 3 is 2.39 bits per heavy atom. The third-order valence-corrected chi connectivity index (χ3v) is 5.56. The van der Waals surface area contributed by atoms with Crippen molar-refractivity contribution in [3.05, 3.63) is 53.1 Å². The van der Waals surface area contributed by atoms with Gasteiger partial charge in [0.05, 0.1) is 20.3 Å². The minimum absolute atomic E-state index is 0.0205. The fourth-order valence-electron chi connectivity index (χ4n) is 3.80. The van der Waals surface area contributed by atoms with Crippen molar-refractivity contribution in [2.24, 2.45) is 0 Å². The van der Waals surface area contributed by atoms with Crippen LogP contribution in [0.3, 0.4) is 0 Å². The van der Waals surface area contributed by atoms with Gasteiger partial charge >= 0.3 is 0 Å². The lowest BCUT2D eigenvalue weighted by Gasteiger charge is -2.21. The van der Waals surface area contributed by atoms with Gasteiger partial charge in [-0.15, -0.1) is 0 Å². The second kappa shape index (κ2) is 8.99. The van der Waals surface area contributed by atoms with Crippen LogP contribution >= 0.6 is 0 Å². The number of hydrogen-bond donors (Lipinski definition) is 1. The SMILES string of the molecule is COc1cc(/C=C/C2NC2C(=O)C(OC)c2ccc3c(c2)OCCO3)cc(OC)c1C. The Morgan fingerprint density at radius 2 is 1.74 bits per heavy atom. The van der Waals surface area contributed by atoms with Crippen LogP contribution in [-0.2, 0) is 9.53 Å². The molecule has 2 aromatic carbocycles. The molecule has 0 amide bonds. The van der Waals surface area contributed by atoms with Gasteiger partial charge in [0.15, 0.2) is 17.3 Å². The van der Waals surface area contributed by atoms with Crippen LogP contribution in [-0.4, -0.2) is 52.4 Å². The molecule has 1 fully saturated rings. The molecule has 0 aliphatic carbocycles. The van der Waals surface area contributed by atoms with E-state index < -0.39 is 6.10 Å². The molecule has 7 heteroatoms. The molecule has 2 heterocycles. The molecule has 7 nitrogen and oxygen atoms in total. The lowest BCUT2D eigenvalue weighted by molar-refractivity contribution is -0.128. The molecule has 0 radical (unpaired) electrons. The van der Waals surface area contributed by atoms with Gasteiger partial charge in [-0.25, -0.2) is 0 Å². The molecule has 2 aliphatic heterocycles. The first-order valence-electron chi connectivity index (χ1n) is 10.2. The number of methoxy groups -OCH3 is 3. The number of Topliss-reactive ketones (excluding diaryl/α,β-unsaturated/α-hetero) is 1. The maximum absolute atomic E-state index is 13.0. The number of benzene rings is 2. The summed E-state index contributed by atoms with van der Waals surface area (Å²) >= 11 is 0. The third-order valence-electron chi connectivity index (χ3n) is 5.56. The lowest BCUT2D eigenvalue weighted by atomic mass is 10.0. The normalized spacial score (nSPS) is 20.4. The highest BCUT2D eigenvalue weighted by Crippen LogP contribution is 2.35. The first-order valence-corrected chi connectivity index (χ1v) is 10.2. The predicted molar refractivity (Wildman–Crippen MR) is 116 cm³/mol. The Balaban J connectivity index is 1.45. The highest BCUT2D eigenvalue weighted by Gasteiger charge is 2.44. The van der Waals surface area contributed by atoms with E-state index in [4.69, 9.17) is 23.7 Å². The number of ether oxygens (including phenoxy) is 5. The van der Waals surface area contributed by atoms with Crippen molar-refractivity contribution in [3.63, 3.8) is 0 Å². The largest absolute Gasteiger partial charge is 0.496 e. The molecule has 0 bridgehead atoms. The quantitative estimate of drug-likeness (QED) is 0.651. The molecule has 3 unspecified atom stereocenters. The van der Waals surface area contributed by atoms with Gasteiger partial charge in [-0.1, -0.05) is 18.2 Å². The number of fused-ring (bicyclic) bond motifs is 1. The average molecular weight is 425 g/mol. The van der Waals surface area contributed by atoms with E-state index >= 15 is 0 Å². The maximum atomic E-state index is 13.0. The van der Waals surface area contributed by atoms with Crippen molar-refractivity contribution < 1.29 is 28.5 Å². The van der Waals surface area contributed by atoms with Crippen LogP contribution in [0, 0.1) is 6.92 Å². The van der Waals surface area contributed by atoms with Gasteiger partial charge in [0.25, 0.3) is 0 Å². The van der Waals surface area contributed by atoms with E-state index in [1.807, 2.05) is 49.4 Å². The zero-order valence-electron chi connectivity index (χ0n) is 18.1. The van der Waals surface area contributed by atoms with Gasteiger partial charge in [-0.05, 0) is 42.3 Å². The molecule has 2 aromatic rings. The molecule has 4 rings (SSSR count). The summed E-state index contributed by atoms with van der Waals surface area (Å²) < 4.78 is 27.6. The third kappa shape index (κ3) is 4.38.